The molecule has 0 bridgehead atoms. The zero-order valence-corrected chi connectivity index (χ0v) is 14.3. The van der Waals surface area contributed by atoms with Crippen molar-refractivity contribution in [3.8, 4) is 22.8 Å². The summed E-state index contributed by atoms with van der Waals surface area (Å²) in [6.07, 6.45) is 3.82. The van der Waals surface area contributed by atoms with Crippen molar-refractivity contribution in [2.45, 2.75) is 25.4 Å². The maximum absolute atomic E-state index is 9.33. The molecule has 8 heteroatoms. The fourth-order valence-electron chi connectivity index (χ4n) is 3.18. The summed E-state index contributed by atoms with van der Waals surface area (Å²) in [6, 6.07) is 7.52. The van der Waals surface area contributed by atoms with Gasteiger partial charge in [0.05, 0.1) is 18.5 Å². The number of nitrogens with two attached hydrogens (primary N) is 1. The van der Waals surface area contributed by atoms with Crippen molar-refractivity contribution in [1.29, 1.82) is 0 Å². The smallest absolute Gasteiger partial charge is 0.203 e. The van der Waals surface area contributed by atoms with E-state index in [0.717, 1.165) is 42.9 Å². The van der Waals surface area contributed by atoms with Gasteiger partial charge < -0.3 is 16.2 Å². The number of hydrogen-bond acceptors (Lipinski definition) is 7. The first kappa shape index (κ1) is 16.6. The van der Waals surface area contributed by atoms with Gasteiger partial charge in [-0.1, -0.05) is 18.2 Å². The summed E-state index contributed by atoms with van der Waals surface area (Å²) in [5.41, 5.74) is 8.82. The topological polar surface area (TPSA) is 126 Å². The molecule has 5 N–H and O–H groups in total. The number of aromatic amines is 1. The molecule has 3 heterocycles. The van der Waals surface area contributed by atoms with Gasteiger partial charge in [0.1, 0.15) is 5.82 Å². The highest BCUT2D eigenvalue weighted by molar-refractivity contribution is 5.69. The Morgan fingerprint density at radius 1 is 1.27 bits per heavy atom. The van der Waals surface area contributed by atoms with Gasteiger partial charge in [0.25, 0.3) is 0 Å². The lowest BCUT2D eigenvalue weighted by Crippen LogP contribution is -2.28. The molecule has 26 heavy (non-hydrogen) atoms. The van der Waals surface area contributed by atoms with E-state index in [4.69, 9.17) is 5.73 Å². The van der Waals surface area contributed by atoms with E-state index in [1.165, 1.54) is 0 Å². The van der Waals surface area contributed by atoms with E-state index in [1.807, 2.05) is 24.3 Å². The lowest BCUT2D eigenvalue weighted by Gasteiger charge is -2.20. The van der Waals surface area contributed by atoms with E-state index in [9.17, 15) is 5.11 Å². The Morgan fingerprint density at radius 2 is 2.19 bits per heavy atom. The van der Waals surface area contributed by atoms with Gasteiger partial charge in [0.2, 0.25) is 5.82 Å². The number of benzene rings is 1. The van der Waals surface area contributed by atoms with Gasteiger partial charge in [-0.15, -0.1) is 0 Å². The van der Waals surface area contributed by atoms with Gasteiger partial charge in [0, 0.05) is 18.0 Å². The second-order valence-electron chi connectivity index (χ2n) is 6.44. The number of hydrogen-bond donors (Lipinski definition) is 4. The molecule has 1 saturated heterocycles. The Kier molecular flexibility index (Phi) is 4.59. The summed E-state index contributed by atoms with van der Waals surface area (Å²) in [6.45, 7) is 1.91. The average Bonchev–Trinajstić information content (AvgIpc) is 3.19. The monoisotopic (exact) mass is 351 g/mol. The number of nitrogens with one attached hydrogen (secondary N) is 2. The molecule has 0 saturated carbocycles. The van der Waals surface area contributed by atoms with E-state index in [0.29, 0.717) is 28.9 Å². The molecule has 1 aliphatic rings. The molecule has 3 aromatic rings. The van der Waals surface area contributed by atoms with Crippen LogP contribution >= 0.6 is 0 Å². The van der Waals surface area contributed by atoms with Crippen molar-refractivity contribution in [1.82, 2.24) is 30.5 Å². The van der Waals surface area contributed by atoms with Gasteiger partial charge in [0.15, 0.2) is 11.5 Å². The van der Waals surface area contributed by atoms with Crippen LogP contribution < -0.4 is 11.1 Å². The Bertz CT molecular complexity index is 902. The van der Waals surface area contributed by atoms with Gasteiger partial charge in [-0.05, 0) is 31.0 Å². The highest BCUT2D eigenvalue weighted by Crippen LogP contribution is 2.26. The Hall–Kier alpha value is -2.84. The number of aliphatic hydroxyl groups is 1. The third-order valence-electron chi connectivity index (χ3n) is 4.60. The first-order valence-electron chi connectivity index (χ1n) is 8.70. The van der Waals surface area contributed by atoms with Crippen LogP contribution in [0.25, 0.3) is 22.8 Å². The number of rotatable bonds is 4. The largest absolute Gasteiger partial charge is 0.392 e. The third-order valence-corrected chi connectivity index (χ3v) is 4.60. The van der Waals surface area contributed by atoms with Gasteiger partial charge in [-0.3, -0.25) is 5.10 Å². The minimum Gasteiger partial charge on any atom is -0.392 e. The quantitative estimate of drug-likeness (QED) is 0.561. The summed E-state index contributed by atoms with van der Waals surface area (Å²) in [4.78, 5) is 13.5. The number of anilines is 1. The Labute approximate surface area is 150 Å². The van der Waals surface area contributed by atoms with Crippen molar-refractivity contribution >= 4 is 5.82 Å². The lowest BCUT2D eigenvalue weighted by molar-refractivity contribution is 0.282. The normalized spacial score (nSPS) is 17.3. The van der Waals surface area contributed by atoms with Crippen LogP contribution in [-0.2, 0) is 6.61 Å². The second-order valence-corrected chi connectivity index (χ2v) is 6.44. The van der Waals surface area contributed by atoms with Crippen molar-refractivity contribution < 1.29 is 5.11 Å². The maximum Gasteiger partial charge on any atom is 0.203 e. The Balaban J connectivity index is 1.67. The first-order chi connectivity index (χ1) is 12.7. The molecule has 0 amide bonds. The average molecular weight is 351 g/mol. The summed E-state index contributed by atoms with van der Waals surface area (Å²) in [5.74, 6) is 1.92. The number of nitrogen functional groups attached to an aromatic ring is 1. The number of aromatic nitrogens is 5. The second kappa shape index (κ2) is 7.19. The van der Waals surface area contributed by atoms with Crippen molar-refractivity contribution in [2.75, 3.05) is 18.8 Å². The zero-order chi connectivity index (χ0) is 17.9. The summed E-state index contributed by atoms with van der Waals surface area (Å²) in [7, 11) is 0. The highest BCUT2D eigenvalue weighted by atomic mass is 16.3. The molecule has 0 aliphatic carbocycles. The molecule has 0 radical (unpaired) electrons. The predicted molar refractivity (Wildman–Crippen MR) is 98.0 cm³/mol. The van der Waals surface area contributed by atoms with Crippen LogP contribution in [0.1, 0.15) is 30.1 Å². The predicted octanol–water partition coefficient (Wildman–Crippen LogP) is 1.47. The van der Waals surface area contributed by atoms with E-state index in [2.05, 4.69) is 30.5 Å². The summed E-state index contributed by atoms with van der Waals surface area (Å²) < 4.78 is 0. The van der Waals surface area contributed by atoms with Gasteiger partial charge in [-0.25, -0.2) is 15.0 Å². The number of H-pyrrole nitrogens is 1. The SMILES string of the molecule is Nc1ncc(-c2cccc(CO)c2)nc1-c1n[nH]c(C2CCCNC2)n1. The van der Waals surface area contributed by atoms with Crippen LogP contribution in [0.15, 0.2) is 30.5 Å². The van der Waals surface area contributed by atoms with Crippen LogP contribution in [-0.4, -0.2) is 43.3 Å². The molecular weight excluding hydrogens is 330 g/mol. The molecule has 134 valence electrons. The zero-order valence-electron chi connectivity index (χ0n) is 14.3. The molecule has 4 rings (SSSR count). The van der Waals surface area contributed by atoms with Gasteiger partial charge in [-0.2, -0.15) is 5.10 Å². The molecule has 1 aromatic carbocycles. The fourth-order valence-corrected chi connectivity index (χ4v) is 3.18. The summed E-state index contributed by atoms with van der Waals surface area (Å²) in [5, 5.41) is 20.0. The third kappa shape index (κ3) is 3.29. The highest BCUT2D eigenvalue weighted by Gasteiger charge is 2.21. The molecule has 0 spiro atoms. The van der Waals surface area contributed by atoms with E-state index in [1.54, 1.807) is 6.20 Å². The van der Waals surface area contributed by atoms with Crippen molar-refractivity contribution in [3.05, 3.63) is 41.9 Å². The van der Waals surface area contributed by atoms with E-state index < -0.39 is 0 Å². The molecule has 1 unspecified atom stereocenters. The minimum absolute atomic E-state index is 0.0250. The minimum atomic E-state index is -0.0250. The standard InChI is InChI=1S/C18H21N7O/c19-16-15(18-23-17(24-25-18)13-5-2-6-20-8-13)22-14(9-21-16)12-4-1-3-11(7-12)10-26/h1,3-4,7,9,13,20,26H,2,5-6,8,10H2,(H2,19,21)(H,23,24,25). The Morgan fingerprint density at radius 3 is 3.00 bits per heavy atom. The number of nitrogens with zero attached hydrogens (tertiary/aromatic N) is 4. The molecule has 1 aliphatic heterocycles. The first-order valence-corrected chi connectivity index (χ1v) is 8.70. The molecule has 8 nitrogen and oxygen atoms in total. The maximum atomic E-state index is 9.33. The lowest BCUT2D eigenvalue weighted by atomic mass is 9.99. The van der Waals surface area contributed by atoms with Crippen molar-refractivity contribution in [2.24, 2.45) is 0 Å². The molecular formula is C18H21N7O. The molecule has 1 fully saturated rings. The van der Waals surface area contributed by atoms with Crippen LogP contribution in [0.2, 0.25) is 0 Å². The van der Waals surface area contributed by atoms with E-state index >= 15 is 0 Å². The fraction of sp³-hybridized carbons (Fsp3) is 0.333. The summed E-state index contributed by atoms with van der Waals surface area (Å²) >= 11 is 0. The van der Waals surface area contributed by atoms with Crippen LogP contribution in [0, 0.1) is 0 Å². The van der Waals surface area contributed by atoms with E-state index in [-0.39, 0.29) is 6.61 Å². The van der Waals surface area contributed by atoms with Crippen molar-refractivity contribution in [3.63, 3.8) is 0 Å². The van der Waals surface area contributed by atoms with Gasteiger partial charge >= 0.3 is 0 Å². The number of piperidine rings is 1. The van der Waals surface area contributed by atoms with Crippen LogP contribution in [0.3, 0.4) is 0 Å². The molecule has 2 aromatic heterocycles. The molecule has 1 atom stereocenters. The van der Waals surface area contributed by atoms with Crippen LogP contribution in [0.4, 0.5) is 5.82 Å². The number of aliphatic hydroxyl groups excluding tert-OH is 1. The van der Waals surface area contributed by atoms with Crippen LogP contribution in [0.5, 0.6) is 0 Å².